The van der Waals surface area contributed by atoms with Crippen LogP contribution in [0, 0.1) is 11.7 Å². The van der Waals surface area contributed by atoms with Crippen LogP contribution < -0.4 is 5.32 Å². The molecular formula is C16H22FNO. The molecule has 0 aromatic heterocycles. The Bertz CT molecular complexity index is 406. The number of rotatable bonds is 2. The topological polar surface area (TPSA) is 21.3 Å². The Morgan fingerprint density at radius 1 is 1.21 bits per heavy atom. The first-order valence-electron chi connectivity index (χ1n) is 7.35. The Labute approximate surface area is 114 Å². The van der Waals surface area contributed by atoms with Gasteiger partial charge >= 0.3 is 0 Å². The summed E-state index contributed by atoms with van der Waals surface area (Å²) < 4.78 is 19.0. The molecule has 1 spiro atoms. The van der Waals surface area contributed by atoms with E-state index in [1.54, 1.807) is 12.1 Å². The van der Waals surface area contributed by atoms with E-state index < -0.39 is 0 Å². The lowest BCUT2D eigenvalue weighted by molar-refractivity contribution is -0.113. The van der Waals surface area contributed by atoms with E-state index in [0.29, 0.717) is 5.92 Å². The molecule has 3 heteroatoms. The van der Waals surface area contributed by atoms with E-state index in [2.05, 4.69) is 5.32 Å². The molecule has 19 heavy (non-hydrogen) atoms. The summed E-state index contributed by atoms with van der Waals surface area (Å²) >= 11 is 0. The van der Waals surface area contributed by atoms with Crippen LogP contribution in [0.1, 0.15) is 31.2 Å². The standard InChI is InChI=1S/C16H22FNO/c17-15-3-1-13(2-4-15)11-14-5-10-19-16(12-14)6-8-18-9-7-16/h1-4,14,18H,5-12H2/t14-/m1/s1. The molecule has 2 aliphatic heterocycles. The summed E-state index contributed by atoms with van der Waals surface area (Å²) in [6, 6.07) is 6.96. The minimum absolute atomic E-state index is 0.119. The number of nitrogens with one attached hydrogen (secondary N) is 1. The number of ether oxygens (including phenoxy) is 1. The summed E-state index contributed by atoms with van der Waals surface area (Å²) in [7, 11) is 0. The van der Waals surface area contributed by atoms with E-state index >= 15 is 0 Å². The maximum absolute atomic E-state index is 12.9. The number of halogens is 1. The third-order valence-electron chi connectivity index (χ3n) is 4.55. The van der Waals surface area contributed by atoms with Crippen molar-refractivity contribution >= 4 is 0 Å². The number of benzene rings is 1. The Morgan fingerprint density at radius 2 is 1.95 bits per heavy atom. The molecule has 2 fully saturated rings. The van der Waals surface area contributed by atoms with Crippen LogP contribution in [-0.4, -0.2) is 25.3 Å². The summed E-state index contributed by atoms with van der Waals surface area (Å²) in [6.45, 7) is 3.03. The van der Waals surface area contributed by atoms with E-state index in [0.717, 1.165) is 51.8 Å². The summed E-state index contributed by atoms with van der Waals surface area (Å²) in [5.41, 5.74) is 1.37. The minimum atomic E-state index is -0.148. The summed E-state index contributed by atoms with van der Waals surface area (Å²) in [6.07, 6.45) is 5.61. The predicted octanol–water partition coefficient (Wildman–Crippen LogP) is 2.92. The van der Waals surface area contributed by atoms with Crippen LogP contribution in [0.4, 0.5) is 4.39 Å². The summed E-state index contributed by atoms with van der Waals surface area (Å²) in [5.74, 6) is 0.530. The summed E-state index contributed by atoms with van der Waals surface area (Å²) in [5, 5.41) is 3.41. The van der Waals surface area contributed by atoms with Gasteiger partial charge in [0.1, 0.15) is 5.82 Å². The van der Waals surface area contributed by atoms with Gasteiger partial charge in [-0.3, -0.25) is 0 Å². The van der Waals surface area contributed by atoms with Crippen LogP contribution in [0.2, 0.25) is 0 Å². The fourth-order valence-corrected chi connectivity index (χ4v) is 3.49. The maximum atomic E-state index is 12.9. The van der Waals surface area contributed by atoms with Crippen LogP contribution in [0.3, 0.4) is 0 Å². The highest BCUT2D eigenvalue weighted by Crippen LogP contribution is 2.37. The second kappa shape index (κ2) is 5.59. The van der Waals surface area contributed by atoms with Gasteiger partial charge in [0.15, 0.2) is 0 Å². The molecule has 1 atom stereocenters. The van der Waals surface area contributed by atoms with E-state index in [-0.39, 0.29) is 11.4 Å². The normalized spacial score (nSPS) is 26.5. The molecule has 0 unspecified atom stereocenters. The third-order valence-corrected chi connectivity index (χ3v) is 4.55. The van der Waals surface area contributed by atoms with Gasteiger partial charge in [-0.15, -0.1) is 0 Å². The molecule has 1 aromatic carbocycles. The molecule has 1 N–H and O–H groups in total. The molecule has 0 amide bonds. The first-order valence-corrected chi connectivity index (χ1v) is 7.35. The van der Waals surface area contributed by atoms with Gasteiger partial charge in [0.25, 0.3) is 0 Å². The number of hydrogen-bond donors (Lipinski definition) is 1. The molecular weight excluding hydrogens is 241 g/mol. The first kappa shape index (κ1) is 13.1. The number of hydrogen-bond acceptors (Lipinski definition) is 2. The highest BCUT2D eigenvalue weighted by atomic mass is 19.1. The van der Waals surface area contributed by atoms with Crippen LogP contribution in [-0.2, 0) is 11.2 Å². The lowest BCUT2D eigenvalue weighted by Gasteiger charge is -2.43. The molecule has 2 heterocycles. The highest BCUT2D eigenvalue weighted by molar-refractivity contribution is 5.17. The molecule has 0 bridgehead atoms. The fourth-order valence-electron chi connectivity index (χ4n) is 3.49. The van der Waals surface area contributed by atoms with Gasteiger partial charge in [-0.25, -0.2) is 4.39 Å². The second-order valence-electron chi connectivity index (χ2n) is 5.97. The molecule has 0 aliphatic carbocycles. The Balaban J connectivity index is 1.63. The zero-order valence-corrected chi connectivity index (χ0v) is 11.3. The van der Waals surface area contributed by atoms with Gasteiger partial charge in [-0.05, 0) is 68.8 Å². The van der Waals surface area contributed by atoms with Crippen molar-refractivity contribution in [1.29, 1.82) is 0 Å². The summed E-state index contributed by atoms with van der Waals surface area (Å²) in [4.78, 5) is 0. The molecule has 3 rings (SSSR count). The Kier molecular flexibility index (Phi) is 3.85. The minimum Gasteiger partial charge on any atom is -0.375 e. The molecule has 1 aromatic rings. The molecule has 0 radical (unpaired) electrons. The van der Waals surface area contributed by atoms with Crippen LogP contribution in [0.25, 0.3) is 0 Å². The van der Waals surface area contributed by atoms with Gasteiger partial charge in [0.05, 0.1) is 5.60 Å². The van der Waals surface area contributed by atoms with Crippen molar-refractivity contribution in [2.45, 2.75) is 37.7 Å². The van der Waals surface area contributed by atoms with Crippen molar-refractivity contribution < 1.29 is 9.13 Å². The lowest BCUT2D eigenvalue weighted by atomic mass is 9.78. The average Bonchev–Trinajstić information content (AvgIpc) is 2.42. The van der Waals surface area contributed by atoms with Crippen molar-refractivity contribution in [2.24, 2.45) is 5.92 Å². The zero-order chi connectivity index (χ0) is 13.1. The molecule has 2 aliphatic rings. The van der Waals surface area contributed by atoms with Crippen LogP contribution in [0.5, 0.6) is 0 Å². The van der Waals surface area contributed by atoms with E-state index in [1.165, 1.54) is 5.56 Å². The average molecular weight is 263 g/mol. The van der Waals surface area contributed by atoms with Gasteiger partial charge in [0, 0.05) is 6.61 Å². The van der Waals surface area contributed by atoms with Gasteiger partial charge in [-0.2, -0.15) is 0 Å². The van der Waals surface area contributed by atoms with E-state index in [9.17, 15) is 4.39 Å². The van der Waals surface area contributed by atoms with Gasteiger partial charge in [0.2, 0.25) is 0 Å². The van der Waals surface area contributed by atoms with E-state index in [1.807, 2.05) is 12.1 Å². The van der Waals surface area contributed by atoms with Gasteiger partial charge in [-0.1, -0.05) is 12.1 Å². The quantitative estimate of drug-likeness (QED) is 0.886. The molecule has 104 valence electrons. The second-order valence-corrected chi connectivity index (χ2v) is 5.97. The van der Waals surface area contributed by atoms with Crippen molar-refractivity contribution in [3.05, 3.63) is 35.6 Å². The van der Waals surface area contributed by atoms with Crippen molar-refractivity contribution in [2.75, 3.05) is 19.7 Å². The van der Waals surface area contributed by atoms with E-state index in [4.69, 9.17) is 4.74 Å². The monoisotopic (exact) mass is 263 g/mol. The van der Waals surface area contributed by atoms with Crippen LogP contribution in [0.15, 0.2) is 24.3 Å². The Hall–Kier alpha value is -0.930. The Morgan fingerprint density at radius 3 is 2.68 bits per heavy atom. The van der Waals surface area contributed by atoms with Crippen LogP contribution >= 0.6 is 0 Å². The SMILES string of the molecule is Fc1ccc(C[C@H]2CCOC3(CCNCC3)C2)cc1. The zero-order valence-electron chi connectivity index (χ0n) is 11.3. The largest absolute Gasteiger partial charge is 0.375 e. The molecule has 0 saturated carbocycles. The van der Waals surface area contributed by atoms with Crippen molar-refractivity contribution in [3.63, 3.8) is 0 Å². The highest BCUT2D eigenvalue weighted by Gasteiger charge is 2.38. The lowest BCUT2D eigenvalue weighted by Crippen LogP contribution is -2.48. The van der Waals surface area contributed by atoms with Gasteiger partial charge < -0.3 is 10.1 Å². The predicted molar refractivity (Wildman–Crippen MR) is 73.6 cm³/mol. The third kappa shape index (κ3) is 3.15. The first-order chi connectivity index (χ1) is 9.26. The molecule has 2 nitrogen and oxygen atoms in total. The van der Waals surface area contributed by atoms with Crippen molar-refractivity contribution in [3.8, 4) is 0 Å². The number of piperidine rings is 1. The maximum Gasteiger partial charge on any atom is 0.123 e. The smallest absolute Gasteiger partial charge is 0.123 e. The fraction of sp³-hybridized carbons (Fsp3) is 0.625. The van der Waals surface area contributed by atoms with Crippen molar-refractivity contribution in [1.82, 2.24) is 5.32 Å². The molecule has 2 saturated heterocycles.